The summed E-state index contributed by atoms with van der Waals surface area (Å²) in [5.41, 5.74) is 0. The number of aromatic nitrogens is 2. The van der Waals surface area contributed by atoms with E-state index in [-0.39, 0.29) is 12.6 Å². The maximum absolute atomic E-state index is 9.14. The van der Waals surface area contributed by atoms with Crippen LogP contribution >= 0.6 is 11.6 Å². The van der Waals surface area contributed by atoms with Crippen molar-refractivity contribution in [2.45, 2.75) is 25.8 Å². The number of aryl methyl sites for hydroxylation is 1. The Morgan fingerprint density at radius 3 is 2.88 bits per heavy atom. The predicted octanol–water partition coefficient (Wildman–Crippen LogP) is 1.50. The molecule has 96 valence electrons. The van der Waals surface area contributed by atoms with Crippen LogP contribution in [-0.2, 0) is 11.2 Å². The van der Waals surface area contributed by atoms with Crippen molar-refractivity contribution >= 4 is 17.4 Å². The van der Waals surface area contributed by atoms with Crippen molar-refractivity contribution in [2.24, 2.45) is 0 Å². The number of methoxy groups -OCH3 is 1. The minimum absolute atomic E-state index is 0.0292. The Kier molecular flexibility index (Phi) is 6.18. The summed E-state index contributed by atoms with van der Waals surface area (Å²) in [4.78, 5) is 8.44. The van der Waals surface area contributed by atoms with Crippen LogP contribution < -0.4 is 5.32 Å². The molecule has 1 rings (SSSR count). The van der Waals surface area contributed by atoms with Gasteiger partial charge >= 0.3 is 0 Å². The highest BCUT2D eigenvalue weighted by Crippen LogP contribution is 2.13. The van der Waals surface area contributed by atoms with E-state index in [1.54, 1.807) is 13.2 Å². The molecule has 1 atom stereocenters. The van der Waals surface area contributed by atoms with E-state index in [1.807, 2.05) is 0 Å². The molecule has 2 N–H and O–H groups in total. The summed E-state index contributed by atoms with van der Waals surface area (Å²) in [7, 11) is 1.58. The van der Waals surface area contributed by atoms with Crippen LogP contribution in [0.4, 0.5) is 5.82 Å². The summed E-state index contributed by atoms with van der Waals surface area (Å²) in [5, 5.41) is 12.6. The van der Waals surface area contributed by atoms with Crippen molar-refractivity contribution in [3.63, 3.8) is 0 Å². The number of nitrogens with zero attached hydrogens (tertiary/aromatic N) is 2. The van der Waals surface area contributed by atoms with Crippen LogP contribution in [0.3, 0.4) is 0 Å². The van der Waals surface area contributed by atoms with Crippen LogP contribution in [0.15, 0.2) is 6.07 Å². The fourth-order valence-corrected chi connectivity index (χ4v) is 1.63. The molecule has 0 aliphatic heterocycles. The molecule has 0 aliphatic rings. The van der Waals surface area contributed by atoms with E-state index >= 15 is 0 Å². The molecule has 6 heteroatoms. The van der Waals surface area contributed by atoms with Crippen LogP contribution in [0.1, 0.15) is 19.2 Å². The minimum Gasteiger partial charge on any atom is -0.394 e. The lowest BCUT2D eigenvalue weighted by Crippen LogP contribution is -2.29. The minimum atomic E-state index is -0.194. The zero-order chi connectivity index (χ0) is 12.7. The standard InChI is InChI=1S/C11H18ClN3O2/c1-3-4-10-14-9(12)5-11(15-10)13-8(6-16)7-17-2/h5,8,16H,3-4,6-7H2,1-2H3,(H,13,14,15). The quantitative estimate of drug-likeness (QED) is 0.727. The summed E-state index contributed by atoms with van der Waals surface area (Å²) in [6.45, 7) is 2.43. The van der Waals surface area contributed by atoms with Crippen LogP contribution in [0.2, 0.25) is 5.15 Å². The molecule has 0 aliphatic carbocycles. The number of hydrogen-bond acceptors (Lipinski definition) is 5. The van der Waals surface area contributed by atoms with Gasteiger partial charge in [0.1, 0.15) is 16.8 Å². The maximum Gasteiger partial charge on any atom is 0.134 e. The molecule has 1 unspecified atom stereocenters. The predicted molar refractivity (Wildman–Crippen MR) is 67.4 cm³/mol. The van der Waals surface area contributed by atoms with Gasteiger partial charge in [-0.3, -0.25) is 0 Å². The Labute approximate surface area is 106 Å². The molecule has 5 nitrogen and oxygen atoms in total. The Morgan fingerprint density at radius 1 is 1.53 bits per heavy atom. The maximum atomic E-state index is 9.14. The van der Waals surface area contributed by atoms with E-state index in [2.05, 4.69) is 22.2 Å². The average Bonchev–Trinajstić information content (AvgIpc) is 2.28. The molecule has 0 saturated carbocycles. The summed E-state index contributed by atoms with van der Waals surface area (Å²) < 4.78 is 4.98. The highest BCUT2D eigenvalue weighted by atomic mass is 35.5. The molecule has 0 amide bonds. The molecule has 0 bridgehead atoms. The van der Waals surface area contributed by atoms with Crippen LogP contribution in [0.25, 0.3) is 0 Å². The Balaban J connectivity index is 2.75. The summed E-state index contributed by atoms with van der Waals surface area (Å²) >= 11 is 5.90. The second kappa shape index (κ2) is 7.42. The molecular formula is C11H18ClN3O2. The molecule has 0 saturated heterocycles. The largest absolute Gasteiger partial charge is 0.394 e. The topological polar surface area (TPSA) is 67.3 Å². The number of rotatable bonds is 7. The number of anilines is 1. The molecular weight excluding hydrogens is 242 g/mol. The fourth-order valence-electron chi connectivity index (χ4n) is 1.42. The number of hydrogen-bond donors (Lipinski definition) is 2. The fraction of sp³-hybridized carbons (Fsp3) is 0.636. The highest BCUT2D eigenvalue weighted by molar-refractivity contribution is 6.29. The molecule has 0 aromatic carbocycles. The third-order valence-electron chi connectivity index (χ3n) is 2.16. The zero-order valence-electron chi connectivity index (χ0n) is 10.1. The Hall–Kier alpha value is -0.910. The monoisotopic (exact) mass is 259 g/mol. The van der Waals surface area contributed by atoms with E-state index in [4.69, 9.17) is 21.4 Å². The first-order valence-corrected chi connectivity index (χ1v) is 5.97. The number of halogens is 1. The van der Waals surface area contributed by atoms with Crippen molar-refractivity contribution in [2.75, 3.05) is 25.6 Å². The van der Waals surface area contributed by atoms with Gasteiger partial charge in [0, 0.05) is 19.6 Å². The van der Waals surface area contributed by atoms with E-state index < -0.39 is 0 Å². The Bertz CT molecular complexity index is 349. The van der Waals surface area contributed by atoms with Gasteiger partial charge in [0.25, 0.3) is 0 Å². The third kappa shape index (κ3) is 4.85. The highest BCUT2D eigenvalue weighted by Gasteiger charge is 2.09. The second-order valence-electron chi connectivity index (χ2n) is 3.72. The first-order chi connectivity index (χ1) is 8.19. The van der Waals surface area contributed by atoms with Gasteiger partial charge in [0.05, 0.1) is 19.3 Å². The molecule has 1 aromatic heterocycles. The molecule has 0 spiro atoms. The van der Waals surface area contributed by atoms with Gasteiger partial charge < -0.3 is 15.2 Å². The van der Waals surface area contributed by atoms with Crippen molar-refractivity contribution in [1.29, 1.82) is 0 Å². The van der Waals surface area contributed by atoms with E-state index in [0.29, 0.717) is 23.4 Å². The van der Waals surface area contributed by atoms with Gasteiger partial charge in [0.2, 0.25) is 0 Å². The van der Waals surface area contributed by atoms with Crippen molar-refractivity contribution in [3.8, 4) is 0 Å². The average molecular weight is 260 g/mol. The Morgan fingerprint density at radius 2 is 2.29 bits per heavy atom. The summed E-state index contributed by atoms with van der Waals surface area (Å²) in [6.07, 6.45) is 1.74. The van der Waals surface area contributed by atoms with Crippen LogP contribution in [0.5, 0.6) is 0 Å². The zero-order valence-corrected chi connectivity index (χ0v) is 10.9. The molecule has 1 heterocycles. The summed E-state index contributed by atoms with van der Waals surface area (Å²) in [5.74, 6) is 1.32. The molecule has 1 aromatic rings. The van der Waals surface area contributed by atoms with Gasteiger partial charge in [-0.15, -0.1) is 0 Å². The smallest absolute Gasteiger partial charge is 0.134 e. The molecule has 17 heavy (non-hydrogen) atoms. The van der Waals surface area contributed by atoms with Crippen LogP contribution in [-0.4, -0.2) is 41.4 Å². The van der Waals surface area contributed by atoms with E-state index in [1.165, 1.54) is 0 Å². The first kappa shape index (κ1) is 14.2. The van der Waals surface area contributed by atoms with E-state index in [0.717, 1.165) is 12.8 Å². The lowest BCUT2D eigenvalue weighted by Gasteiger charge is -2.16. The number of nitrogens with one attached hydrogen (secondary N) is 1. The normalized spacial score (nSPS) is 12.5. The second-order valence-corrected chi connectivity index (χ2v) is 4.11. The number of aliphatic hydroxyl groups excluding tert-OH is 1. The molecule has 0 fully saturated rings. The van der Waals surface area contributed by atoms with Crippen LogP contribution in [0, 0.1) is 0 Å². The van der Waals surface area contributed by atoms with Gasteiger partial charge in [-0.1, -0.05) is 18.5 Å². The lowest BCUT2D eigenvalue weighted by molar-refractivity contribution is 0.153. The number of aliphatic hydroxyl groups is 1. The van der Waals surface area contributed by atoms with Gasteiger partial charge in [-0.2, -0.15) is 0 Å². The number of ether oxygens (including phenoxy) is 1. The summed E-state index contributed by atoms with van der Waals surface area (Å²) in [6, 6.07) is 1.44. The molecule has 0 radical (unpaired) electrons. The first-order valence-electron chi connectivity index (χ1n) is 5.59. The van der Waals surface area contributed by atoms with Crippen molar-refractivity contribution in [3.05, 3.63) is 17.0 Å². The van der Waals surface area contributed by atoms with E-state index in [9.17, 15) is 0 Å². The van der Waals surface area contributed by atoms with Gasteiger partial charge in [0.15, 0.2) is 0 Å². The van der Waals surface area contributed by atoms with Crippen molar-refractivity contribution in [1.82, 2.24) is 9.97 Å². The SMILES string of the molecule is CCCc1nc(Cl)cc(NC(CO)COC)n1. The third-order valence-corrected chi connectivity index (χ3v) is 2.35. The van der Waals surface area contributed by atoms with Gasteiger partial charge in [-0.25, -0.2) is 9.97 Å². The van der Waals surface area contributed by atoms with Crippen molar-refractivity contribution < 1.29 is 9.84 Å². The van der Waals surface area contributed by atoms with Gasteiger partial charge in [-0.05, 0) is 6.42 Å². The lowest BCUT2D eigenvalue weighted by atomic mass is 10.3.